The topological polar surface area (TPSA) is 52.6 Å². The number of benzene rings is 1. The van der Waals surface area contributed by atoms with E-state index in [2.05, 4.69) is 24.3 Å². The lowest BCUT2D eigenvalue weighted by molar-refractivity contribution is -0.127. The second-order valence-corrected chi connectivity index (χ2v) is 8.15. The molecule has 0 saturated heterocycles. The van der Waals surface area contributed by atoms with Crippen LogP contribution in [0.5, 0.6) is 0 Å². The summed E-state index contributed by atoms with van der Waals surface area (Å²) < 4.78 is 11.2. The molecule has 0 radical (unpaired) electrons. The molecule has 144 valence electrons. The monoisotopic (exact) mass is 360 g/mol. The van der Waals surface area contributed by atoms with Crippen molar-refractivity contribution in [3.8, 4) is 0 Å². The molecule has 1 saturated carbocycles. The van der Waals surface area contributed by atoms with Crippen LogP contribution in [0, 0.1) is 0 Å². The summed E-state index contributed by atoms with van der Waals surface area (Å²) in [5.74, 6) is 0.756. The minimum absolute atomic E-state index is 0.278. The highest BCUT2D eigenvalue weighted by molar-refractivity contribution is 5.79. The van der Waals surface area contributed by atoms with Crippen molar-refractivity contribution in [2.45, 2.75) is 76.9 Å². The van der Waals surface area contributed by atoms with Crippen molar-refractivity contribution in [1.29, 1.82) is 0 Å². The molecule has 0 amide bonds. The molecular formula is C22H32O4. The summed E-state index contributed by atoms with van der Waals surface area (Å²) in [7, 11) is 0. The smallest absolute Gasteiger partial charge is 0.151 e. The van der Waals surface area contributed by atoms with Gasteiger partial charge in [0.2, 0.25) is 0 Å². The van der Waals surface area contributed by atoms with Gasteiger partial charge in [0.15, 0.2) is 6.29 Å². The Morgan fingerprint density at radius 1 is 1.19 bits per heavy atom. The van der Waals surface area contributed by atoms with E-state index in [1.54, 1.807) is 0 Å². The molecule has 0 bridgehead atoms. The van der Waals surface area contributed by atoms with Gasteiger partial charge in [-0.25, -0.2) is 0 Å². The first-order chi connectivity index (χ1) is 12.4. The molecule has 1 fully saturated rings. The van der Waals surface area contributed by atoms with E-state index in [-0.39, 0.29) is 12.2 Å². The van der Waals surface area contributed by atoms with Crippen molar-refractivity contribution in [3.05, 3.63) is 35.4 Å². The first-order valence-electron chi connectivity index (χ1n) is 9.69. The molecule has 0 aliphatic heterocycles. The van der Waals surface area contributed by atoms with E-state index < -0.39 is 6.10 Å². The molecule has 1 aromatic rings. The normalized spacial score (nSPS) is 19.8. The number of Topliss-reactive ketones (excluding diaryl/α,β-unsaturated/α-hetero) is 1. The molecule has 0 aromatic heterocycles. The summed E-state index contributed by atoms with van der Waals surface area (Å²) in [6, 6.07) is 8.49. The van der Waals surface area contributed by atoms with Crippen LogP contribution < -0.4 is 0 Å². The van der Waals surface area contributed by atoms with Gasteiger partial charge in [-0.2, -0.15) is 0 Å². The Hall–Kier alpha value is -1.52. The van der Waals surface area contributed by atoms with Crippen molar-refractivity contribution < 1.29 is 19.1 Å². The van der Waals surface area contributed by atoms with Crippen LogP contribution in [0.1, 0.15) is 69.9 Å². The van der Waals surface area contributed by atoms with Crippen LogP contribution >= 0.6 is 0 Å². The molecule has 2 unspecified atom stereocenters. The Balaban J connectivity index is 1.79. The lowest BCUT2D eigenvalue weighted by Crippen LogP contribution is -2.29. The highest BCUT2D eigenvalue weighted by Gasteiger charge is 2.19. The van der Waals surface area contributed by atoms with E-state index in [0.29, 0.717) is 24.7 Å². The number of carbonyl (C=O) groups is 2. The first kappa shape index (κ1) is 20.8. The van der Waals surface area contributed by atoms with Crippen LogP contribution in [0.15, 0.2) is 24.3 Å². The van der Waals surface area contributed by atoms with E-state index in [1.807, 2.05) is 20.8 Å². The fourth-order valence-electron chi connectivity index (χ4n) is 3.22. The molecule has 2 rings (SSSR count). The zero-order valence-corrected chi connectivity index (χ0v) is 16.3. The Morgan fingerprint density at radius 3 is 2.58 bits per heavy atom. The lowest BCUT2D eigenvalue weighted by Gasteiger charge is -2.22. The zero-order valence-electron chi connectivity index (χ0n) is 16.3. The van der Waals surface area contributed by atoms with E-state index >= 15 is 0 Å². The van der Waals surface area contributed by atoms with Gasteiger partial charge in [-0.15, -0.1) is 0 Å². The van der Waals surface area contributed by atoms with Crippen LogP contribution in [0.2, 0.25) is 0 Å². The highest BCUT2D eigenvalue weighted by atomic mass is 16.5. The number of rotatable bonds is 8. The van der Waals surface area contributed by atoms with Crippen molar-refractivity contribution in [3.63, 3.8) is 0 Å². The van der Waals surface area contributed by atoms with E-state index in [1.165, 1.54) is 11.1 Å². The van der Waals surface area contributed by atoms with Gasteiger partial charge in [0, 0.05) is 12.8 Å². The Kier molecular flexibility index (Phi) is 7.98. The second kappa shape index (κ2) is 9.98. The minimum atomic E-state index is -0.523. The number of hydrogen-bond acceptors (Lipinski definition) is 4. The fraction of sp³-hybridized carbons (Fsp3) is 0.636. The minimum Gasteiger partial charge on any atom is -0.373 e. The van der Waals surface area contributed by atoms with E-state index in [4.69, 9.17) is 9.47 Å². The Morgan fingerprint density at radius 2 is 1.92 bits per heavy atom. The lowest BCUT2D eigenvalue weighted by atomic mass is 9.91. The Bertz CT molecular complexity index is 571. The third-order valence-electron chi connectivity index (χ3n) is 4.74. The average Bonchev–Trinajstić information content (AvgIpc) is 2.82. The summed E-state index contributed by atoms with van der Waals surface area (Å²) in [4.78, 5) is 22.9. The van der Waals surface area contributed by atoms with Crippen LogP contribution in [0.4, 0.5) is 0 Å². The van der Waals surface area contributed by atoms with Gasteiger partial charge in [-0.1, -0.05) is 30.7 Å². The van der Waals surface area contributed by atoms with Crippen LogP contribution in [-0.4, -0.2) is 37.0 Å². The van der Waals surface area contributed by atoms with Crippen molar-refractivity contribution in [2.75, 3.05) is 13.2 Å². The number of hydrogen-bond donors (Lipinski definition) is 0. The van der Waals surface area contributed by atoms with Gasteiger partial charge < -0.3 is 14.3 Å². The molecule has 1 aliphatic rings. The SMILES string of the molecule is CC(C)(C)OCC(C=O)OCCc1ccc(C2CCCCC(=O)C2)cc1. The largest absolute Gasteiger partial charge is 0.373 e. The third-order valence-corrected chi connectivity index (χ3v) is 4.74. The molecule has 0 heterocycles. The molecular weight excluding hydrogens is 328 g/mol. The van der Waals surface area contributed by atoms with Gasteiger partial charge >= 0.3 is 0 Å². The number of aldehydes is 1. The maximum absolute atomic E-state index is 11.8. The summed E-state index contributed by atoms with van der Waals surface area (Å²) in [6.45, 7) is 6.63. The van der Waals surface area contributed by atoms with Crippen molar-refractivity contribution in [2.24, 2.45) is 0 Å². The van der Waals surface area contributed by atoms with E-state index in [9.17, 15) is 9.59 Å². The van der Waals surface area contributed by atoms with Crippen molar-refractivity contribution >= 4 is 12.1 Å². The fourth-order valence-corrected chi connectivity index (χ4v) is 3.22. The van der Waals surface area contributed by atoms with Gasteiger partial charge in [-0.05, 0) is 57.1 Å². The second-order valence-electron chi connectivity index (χ2n) is 8.15. The standard InChI is InChI=1S/C22H32O4/c1-22(2,3)26-16-21(15-23)25-13-12-17-8-10-18(11-9-17)19-6-4-5-7-20(24)14-19/h8-11,15,19,21H,4-7,12-14,16H2,1-3H3. The van der Waals surface area contributed by atoms with Crippen LogP contribution in [0.25, 0.3) is 0 Å². The van der Waals surface area contributed by atoms with Gasteiger partial charge in [0.05, 0.1) is 18.8 Å². The summed E-state index contributed by atoms with van der Waals surface area (Å²) in [5, 5.41) is 0. The van der Waals surface area contributed by atoms with E-state index in [0.717, 1.165) is 38.4 Å². The van der Waals surface area contributed by atoms with Crippen LogP contribution in [0.3, 0.4) is 0 Å². The molecule has 0 N–H and O–H groups in total. The molecule has 4 nitrogen and oxygen atoms in total. The molecule has 0 spiro atoms. The summed E-state index contributed by atoms with van der Waals surface area (Å²) in [6.07, 6.45) is 5.72. The average molecular weight is 360 g/mol. The maximum atomic E-state index is 11.8. The van der Waals surface area contributed by atoms with Gasteiger partial charge in [0.25, 0.3) is 0 Å². The maximum Gasteiger partial charge on any atom is 0.151 e. The molecule has 1 aliphatic carbocycles. The van der Waals surface area contributed by atoms with Gasteiger partial charge in [-0.3, -0.25) is 4.79 Å². The summed E-state index contributed by atoms with van der Waals surface area (Å²) in [5.41, 5.74) is 2.16. The van der Waals surface area contributed by atoms with Crippen molar-refractivity contribution in [1.82, 2.24) is 0 Å². The first-order valence-corrected chi connectivity index (χ1v) is 9.69. The summed E-state index contributed by atoms with van der Waals surface area (Å²) >= 11 is 0. The third kappa shape index (κ3) is 7.38. The molecule has 2 atom stereocenters. The highest BCUT2D eigenvalue weighted by Crippen LogP contribution is 2.30. The number of ketones is 1. The molecule has 1 aromatic carbocycles. The molecule has 26 heavy (non-hydrogen) atoms. The quantitative estimate of drug-likeness (QED) is 0.514. The van der Waals surface area contributed by atoms with Gasteiger partial charge in [0.1, 0.15) is 11.9 Å². The van der Waals surface area contributed by atoms with Crippen LogP contribution in [-0.2, 0) is 25.5 Å². The Labute approximate surface area is 157 Å². The molecule has 4 heteroatoms. The zero-order chi connectivity index (χ0) is 19.0. The number of carbonyl (C=O) groups excluding carboxylic acids is 2. The predicted molar refractivity (Wildman–Crippen MR) is 102 cm³/mol. The predicted octanol–water partition coefficient (Wildman–Crippen LogP) is 4.25. The number of ether oxygens (including phenoxy) is 2.